The smallest absolute Gasteiger partial charge is 0.253 e. The number of aryl methyl sites for hydroxylation is 4. The Balaban J connectivity index is 1.59. The van der Waals surface area contributed by atoms with Crippen molar-refractivity contribution in [3.63, 3.8) is 0 Å². The molecule has 2 aromatic carbocycles. The molecule has 200 valence electrons. The number of aromatic nitrogens is 5. The van der Waals surface area contributed by atoms with Gasteiger partial charge in [-0.25, -0.2) is 4.68 Å². The Kier molecular flexibility index (Phi) is 6.86. The summed E-state index contributed by atoms with van der Waals surface area (Å²) in [4.78, 5) is 21.7. The SMILES string of the molecule is CCC(C)(C)n1nnnc1C(c1cc2cc(C)cc(C)c2[nH]c1=O)N1CCN(c2cc(C)ccc2C)CC1. The molecule has 8 nitrogen and oxygen atoms in total. The first-order valence-electron chi connectivity index (χ1n) is 13.6. The van der Waals surface area contributed by atoms with E-state index in [0.29, 0.717) is 11.4 Å². The molecule has 1 saturated heterocycles. The lowest BCUT2D eigenvalue weighted by atomic mass is 9.98. The monoisotopic (exact) mass is 513 g/mol. The number of fused-ring (bicyclic) bond motifs is 1. The zero-order valence-electron chi connectivity index (χ0n) is 23.7. The highest BCUT2D eigenvalue weighted by atomic mass is 16.1. The number of hydrogen-bond donors (Lipinski definition) is 1. The van der Waals surface area contributed by atoms with Crippen molar-refractivity contribution in [3.05, 3.63) is 80.4 Å². The Morgan fingerprint density at radius 3 is 2.39 bits per heavy atom. The topological polar surface area (TPSA) is 82.9 Å². The van der Waals surface area contributed by atoms with E-state index in [1.54, 1.807) is 0 Å². The van der Waals surface area contributed by atoms with Gasteiger partial charge in [-0.05, 0) is 98.7 Å². The molecule has 1 atom stereocenters. The summed E-state index contributed by atoms with van der Waals surface area (Å²) >= 11 is 0. The predicted molar refractivity (Wildman–Crippen MR) is 153 cm³/mol. The molecule has 1 unspecified atom stereocenters. The minimum atomic E-state index is -0.356. The molecule has 0 amide bonds. The van der Waals surface area contributed by atoms with E-state index in [2.05, 4.69) is 102 Å². The van der Waals surface area contributed by atoms with Crippen molar-refractivity contribution in [2.75, 3.05) is 31.1 Å². The van der Waals surface area contributed by atoms with E-state index in [1.165, 1.54) is 22.4 Å². The van der Waals surface area contributed by atoms with Crippen molar-refractivity contribution < 1.29 is 0 Å². The predicted octanol–water partition coefficient (Wildman–Crippen LogP) is 4.80. The molecule has 5 rings (SSSR count). The van der Waals surface area contributed by atoms with Crippen LogP contribution in [0.15, 0.2) is 41.2 Å². The van der Waals surface area contributed by atoms with Gasteiger partial charge in [0.1, 0.15) is 6.04 Å². The number of piperazine rings is 1. The second-order valence-electron chi connectivity index (χ2n) is 11.4. The van der Waals surface area contributed by atoms with Gasteiger partial charge < -0.3 is 9.88 Å². The second-order valence-corrected chi connectivity index (χ2v) is 11.4. The third-order valence-corrected chi connectivity index (χ3v) is 8.18. The van der Waals surface area contributed by atoms with Crippen LogP contribution in [0.2, 0.25) is 0 Å². The Morgan fingerprint density at radius 1 is 0.947 bits per heavy atom. The lowest BCUT2D eigenvalue weighted by molar-refractivity contribution is 0.186. The molecule has 1 N–H and O–H groups in total. The van der Waals surface area contributed by atoms with Gasteiger partial charge in [-0.3, -0.25) is 9.69 Å². The van der Waals surface area contributed by atoms with Gasteiger partial charge in [0.05, 0.1) is 11.1 Å². The average Bonchev–Trinajstić information content (AvgIpc) is 3.37. The van der Waals surface area contributed by atoms with Crippen molar-refractivity contribution in [1.82, 2.24) is 30.1 Å². The molecule has 0 aliphatic carbocycles. The number of benzene rings is 2. The van der Waals surface area contributed by atoms with Crippen LogP contribution in [-0.4, -0.2) is 56.3 Å². The molecule has 1 aliphatic rings. The highest BCUT2D eigenvalue weighted by Crippen LogP contribution is 2.33. The number of nitrogens with one attached hydrogen (secondary N) is 1. The van der Waals surface area contributed by atoms with Crippen molar-refractivity contribution in [3.8, 4) is 0 Å². The van der Waals surface area contributed by atoms with Crippen molar-refractivity contribution >= 4 is 16.6 Å². The number of nitrogens with zero attached hydrogens (tertiary/aromatic N) is 6. The van der Waals surface area contributed by atoms with E-state index < -0.39 is 0 Å². The summed E-state index contributed by atoms with van der Waals surface area (Å²) in [5.41, 5.74) is 7.27. The molecule has 1 aliphatic heterocycles. The summed E-state index contributed by atoms with van der Waals surface area (Å²) in [5.74, 6) is 0.714. The lowest BCUT2D eigenvalue weighted by Gasteiger charge is -2.40. The summed E-state index contributed by atoms with van der Waals surface area (Å²) < 4.78 is 1.92. The molecule has 4 aromatic rings. The molecule has 1 fully saturated rings. The van der Waals surface area contributed by atoms with Crippen LogP contribution in [0.3, 0.4) is 0 Å². The Morgan fingerprint density at radius 2 is 1.68 bits per heavy atom. The van der Waals surface area contributed by atoms with E-state index >= 15 is 0 Å². The highest BCUT2D eigenvalue weighted by molar-refractivity contribution is 5.83. The number of H-pyrrole nitrogens is 1. The standard InChI is InChI=1S/C30H39N7O/c1-8-30(6,7)37-28(32-33-34-37)27(24-18-23-16-20(3)15-22(5)26(23)31-29(24)38)36-13-11-35(12-14-36)25-17-19(2)9-10-21(25)4/h9-10,15-18,27H,8,11-14H2,1-7H3,(H,31,38). The summed E-state index contributed by atoms with van der Waals surface area (Å²) in [5, 5.41) is 14.1. The molecule has 0 saturated carbocycles. The van der Waals surface area contributed by atoms with Gasteiger partial charge in [0.2, 0.25) is 0 Å². The van der Waals surface area contributed by atoms with Gasteiger partial charge >= 0.3 is 0 Å². The maximum atomic E-state index is 13.7. The number of rotatable bonds is 6. The van der Waals surface area contributed by atoms with Gasteiger partial charge in [0.25, 0.3) is 5.56 Å². The zero-order valence-corrected chi connectivity index (χ0v) is 23.7. The van der Waals surface area contributed by atoms with Gasteiger partial charge in [0, 0.05) is 37.4 Å². The molecule has 2 aromatic heterocycles. The number of anilines is 1. The molecule has 0 spiro atoms. The van der Waals surface area contributed by atoms with Crippen LogP contribution < -0.4 is 10.5 Å². The Labute approximate surface area is 224 Å². The minimum absolute atomic E-state index is 0.0877. The third kappa shape index (κ3) is 4.73. The van der Waals surface area contributed by atoms with Crippen LogP contribution in [-0.2, 0) is 5.54 Å². The number of tetrazole rings is 1. The first kappa shape index (κ1) is 26.1. The van der Waals surface area contributed by atoms with E-state index in [4.69, 9.17) is 0 Å². The summed E-state index contributed by atoms with van der Waals surface area (Å²) in [6.07, 6.45) is 0.866. The molecule has 38 heavy (non-hydrogen) atoms. The van der Waals surface area contributed by atoms with Gasteiger partial charge in [-0.15, -0.1) is 5.10 Å². The van der Waals surface area contributed by atoms with E-state index in [0.717, 1.165) is 49.1 Å². The highest BCUT2D eigenvalue weighted by Gasteiger charge is 2.36. The molecule has 3 heterocycles. The maximum absolute atomic E-state index is 13.7. The maximum Gasteiger partial charge on any atom is 0.253 e. The molecular weight excluding hydrogens is 474 g/mol. The molecule has 0 bridgehead atoms. The van der Waals surface area contributed by atoms with Crippen LogP contribution in [0.1, 0.15) is 66.9 Å². The molecule has 8 heteroatoms. The third-order valence-electron chi connectivity index (χ3n) is 8.18. The van der Waals surface area contributed by atoms with E-state index in [-0.39, 0.29) is 17.1 Å². The quantitative estimate of drug-likeness (QED) is 0.399. The first-order valence-corrected chi connectivity index (χ1v) is 13.6. The fourth-order valence-electron chi connectivity index (χ4n) is 5.63. The van der Waals surface area contributed by atoms with Crippen molar-refractivity contribution in [2.24, 2.45) is 0 Å². The van der Waals surface area contributed by atoms with Crippen LogP contribution in [0, 0.1) is 27.7 Å². The van der Waals surface area contributed by atoms with Crippen LogP contribution >= 0.6 is 0 Å². The Hall–Kier alpha value is -3.52. The second kappa shape index (κ2) is 9.98. The zero-order chi connectivity index (χ0) is 27.2. The van der Waals surface area contributed by atoms with E-state index in [1.807, 2.05) is 17.7 Å². The molecule has 0 radical (unpaired) electrons. The number of aromatic amines is 1. The fraction of sp³-hybridized carbons (Fsp3) is 0.467. The van der Waals surface area contributed by atoms with Gasteiger partial charge in [-0.2, -0.15) is 0 Å². The van der Waals surface area contributed by atoms with Crippen molar-refractivity contribution in [2.45, 2.75) is 66.5 Å². The largest absolute Gasteiger partial charge is 0.369 e. The fourth-order valence-corrected chi connectivity index (χ4v) is 5.63. The van der Waals surface area contributed by atoms with Gasteiger partial charge in [0.15, 0.2) is 5.82 Å². The first-order chi connectivity index (χ1) is 18.1. The van der Waals surface area contributed by atoms with Crippen molar-refractivity contribution in [1.29, 1.82) is 0 Å². The average molecular weight is 514 g/mol. The van der Waals surface area contributed by atoms with Gasteiger partial charge in [-0.1, -0.05) is 30.7 Å². The minimum Gasteiger partial charge on any atom is -0.369 e. The van der Waals surface area contributed by atoms with E-state index in [9.17, 15) is 4.79 Å². The number of hydrogen-bond acceptors (Lipinski definition) is 6. The summed E-state index contributed by atoms with van der Waals surface area (Å²) in [6, 6.07) is 12.6. The lowest BCUT2D eigenvalue weighted by Crippen LogP contribution is -2.49. The summed E-state index contributed by atoms with van der Waals surface area (Å²) in [7, 11) is 0. The summed E-state index contributed by atoms with van der Waals surface area (Å²) in [6.45, 7) is 18.2. The van der Waals surface area contributed by atoms with Crippen LogP contribution in [0.25, 0.3) is 10.9 Å². The molecular formula is C30H39N7O. The van der Waals surface area contributed by atoms with Crippen LogP contribution in [0.4, 0.5) is 5.69 Å². The van der Waals surface area contributed by atoms with Crippen LogP contribution in [0.5, 0.6) is 0 Å². The normalized spacial score (nSPS) is 15.8. The number of pyridine rings is 1. The Bertz CT molecular complexity index is 1530.